The summed E-state index contributed by atoms with van der Waals surface area (Å²) in [6, 6.07) is 16.2. The van der Waals surface area contributed by atoms with E-state index in [1.165, 1.54) is 24.3 Å². The molecule has 184 valence electrons. The molecule has 2 N–H and O–H groups in total. The molecule has 1 atom stereocenters. The molecule has 0 aromatic heterocycles. The number of amides is 2. The maximum Gasteiger partial charge on any atom is 0.416 e. The van der Waals surface area contributed by atoms with Crippen LogP contribution in [-0.4, -0.2) is 18.4 Å². The van der Waals surface area contributed by atoms with E-state index in [0.29, 0.717) is 17.4 Å². The van der Waals surface area contributed by atoms with E-state index in [1.54, 1.807) is 18.2 Å². The first-order valence-electron chi connectivity index (χ1n) is 10.9. The largest absolute Gasteiger partial charge is 0.483 e. The van der Waals surface area contributed by atoms with E-state index >= 15 is 0 Å². The Kier molecular flexibility index (Phi) is 8.56. The summed E-state index contributed by atoms with van der Waals surface area (Å²) in [7, 11) is 0. The average Bonchev–Trinajstić information content (AvgIpc) is 2.82. The maximum atomic E-state index is 12.9. The lowest BCUT2D eigenvalue weighted by molar-refractivity contribution is -0.137. The van der Waals surface area contributed by atoms with Crippen LogP contribution in [0.25, 0.3) is 0 Å². The molecule has 1 unspecified atom stereocenters. The van der Waals surface area contributed by atoms with Crippen molar-refractivity contribution in [1.82, 2.24) is 0 Å². The minimum absolute atomic E-state index is 0.0117. The third-order valence-electron chi connectivity index (χ3n) is 5.35. The van der Waals surface area contributed by atoms with E-state index in [-0.39, 0.29) is 17.9 Å². The average molecular weight is 549 g/mol. The van der Waals surface area contributed by atoms with Gasteiger partial charge in [0.2, 0.25) is 0 Å². The Morgan fingerprint density at radius 1 is 0.971 bits per heavy atom. The Morgan fingerprint density at radius 2 is 1.66 bits per heavy atom. The highest BCUT2D eigenvalue weighted by molar-refractivity contribution is 9.10. The lowest BCUT2D eigenvalue weighted by Gasteiger charge is -2.13. The minimum atomic E-state index is -4.52. The highest BCUT2D eigenvalue weighted by atomic mass is 79.9. The molecular formula is C26H24BrF3N2O3. The van der Waals surface area contributed by atoms with Crippen LogP contribution in [0.1, 0.15) is 47.7 Å². The van der Waals surface area contributed by atoms with E-state index in [1.807, 2.05) is 12.1 Å². The van der Waals surface area contributed by atoms with Gasteiger partial charge in [-0.1, -0.05) is 32.0 Å². The Morgan fingerprint density at radius 3 is 2.31 bits per heavy atom. The number of carbonyl (C=O) groups is 2. The van der Waals surface area contributed by atoms with Gasteiger partial charge in [0.25, 0.3) is 11.8 Å². The molecule has 3 aromatic rings. The van der Waals surface area contributed by atoms with Crippen LogP contribution in [0, 0.1) is 0 Å². The third kappa shape index (κ3) is 7.32. The molecule has 0 aliphatic carbocycles. The number of hydrogen-bond acceptors (Lipinski definition) is 3. The molecule has 5 nitrogen and oxygen atoms in total. The van der Waals surface area contributed by atoms with Crippen molar-refractivity contribution in [2.24, 2.45) is 0 Å². The molecule has 0 spiro atoms. The van der Waals surface area contributed by atoms with Gasteiger partial charge in [0.15, 0.2) is 6.61 Å². The molecule has 0 saturated heterocycles. The zero-order valence-electron chi connectivity index (χ0n) is 19.1. The number of anilines is 2. The lowest BCUT2D eigenvalue weighted by Crippen LogP contribution is -2.20. The van der Waals surface area contributed by atoms with Crippen LogP contribution in [0.2, 0.25) is 0 Å². The maximum absolute atomic E-state index is 12.9. The number of carbonyl (C=O) groups excluding carboxylic acids is 2. The van der Waals surface area contributed by atoms with E-state index in [2.05, 4.69) is 40.4 Å². The number of hydrogen-bond donors (Lipinski definition) is 2. The van der Waals surface area contributed by atoms with Gasteiger partial charge in [-0.15, -0.1) is 0 Å². The van der Waals surface area contributed by atoms with Crippen molar-refractivity contribution < 1.29 is 27.5 Å². The summed E-state index contributed by atoms with van der Waals surface area (Å²) in [5.74, 6) is -0.108. The van der Waals surface area contributed by atoms with Gasteiger partial charge in [-0.25, -0.2) is 0 Å². The van der Waals surface area contributed by atoms with Gasteiger partial charge in [-0.05, 0) is 82.4 Å². The summed E-state index contributed by atoms with van der Waals surface area (Å²) in [5, 5.41) is 5.09. The number of rotatable bonds is 8. The van der Waals surface area contributed by atoms with E-state index in [9.17, 15) is 22.8 Å². The lowest BCUT2D eigenvalue weighted by atomic mass is 9.99. The summed E-state index contributed by atoms with van der Waals surface area (Å²) < 4.78 is 45.0. The Labute approximate surface area is 209 Å². The van der Waals surface area contributed by atoms with Crippen LogP contribution >= 0.6 is 15.9 Å². The molecule has 2 amide bonds. The molecule has 0 fully saturated rings. The van der Waals surface area contributed by atoms with Crippen LogP contribution in [0.4, 0.5) is 24.5 Å². The Hall–Kier alpha value is -3.33. The zero-order chi connectivity index (χ0) is 25.6. The minimum Gasteiger partial charge on any atom is -0.483 e. The van der Waals surface area contributed by atoms with Crippen molar-refractivity contribution in [3.8, 4) is 5.75 Å². The first kappa shape index (κ1) is 26.3. The second-order valence-electron chi connectivity index (χ2n) is 7.95. The molecule has 3 rings (SSSR count). The number of nitrogens with one attached hydrogen (secondary N) is 2. The number of benzene rings is 3. The molecule has 9 heteroatoms. The standard InChI is InChI=1S/C26H24BrF3N2O3/c1-3-16(2)17-10-11-23(22(27)13-17)35-15-24(33)31-20-8-4-6-18(12-20)25(34)32-21-9-5-7-19(14-21)26(28,29)30/h4-14,16H,3,15H2,1-2H3,(H,31,33)(H,32,34). The number of halogens is 4. The van der Waals surface area contributed by atoms with Gasteiger partial charge in [0.05, 0.1) is 10.0 Å². The van der Waals surface area contributed by atoms with Gasteiger partial charge < -0.3 is 15.4 Å². The van der Waals surface area contributed by atoms with Crippen LogP contribution in [0.3, 0.4) is 0 Å². The highest BCUT2D eigenvalue weighted by Crippen LogP contribution is 2.31. The molecule has 0 heterocycles. The van der Waals surface area contributed by atoms with Crippen molar-refractivity contribution in [3.05, 3.63) is 87.9 Å². The van der Waals surface area contributed by atoms with Crippen molar-refractivity contribution >= 4 is 39.1 Å². The summed E-state index contributed by atoms with van der Waals surface area (Å²) in [5.41, 5.74) is 0.831. The van der Waals surface area contributed by atoms with Crippen LogP contribution < -0.4 is 15.4 Å². The monoisotopic (exact) mass is 548 g/mol. The second-order valence-corrected chi connectivity index (χ2v) is 8.80. The van der Waals surface area contributed by atoms with Crippen molar-refractivity contribution in [1.29, 1.82) is 0 Å². The van der Waals surface area contributed by atoms with E-state index < -0.39 is 23.6 Å². The quantitative estimate of drug-likeness (QED) is 0.311. The van der Waals surface area contributed by atoms with Gasteiger partial charge >= 0.3 is 6.18 Å². The van der Waals surface area contributed by atoms with Gasteiger partial charge in [-0.2, -0.15) is 13.2 Å². The summed E-state index contributed by atoms with van der Waals surface area (Å²) in [6.07, 6.45) is -3.51. The summed E-state index contributed by atoms with van der Waals surface area (Å²) in [6.45, 7) is 3.99. The molecule has 0 saturated carbocycles. The Balaban J connectivity index is 1.60. The fourth-order valence-corrected chi connectivity index (χ4v) is 3.74. The molecule has 0 aliphatic rings. The zero-order valence-corrected chi connectivity index (χ0v) is 20.7. The predicted octanol–water partition coefficient (Wildman–Crippen LogP) is 7.25. The summed E-state index contributed by atoms with van der Waals surface area (Å²) >= 11 is 3.47. The fourth-order valence-electron chi connectivity index (χ4n) is 3.23. The third-order valence-corrected chi connectivity index (χ3v) is 5.97. The van der Waals surface area contributed by atoms with Crippen molar-refractivity contribution in [3.63, 3.8) is 0 Å². The second kappa shape index (κ2) is 11.4. The highest BCUT2D eigenvalue weighted by Gasteiger charge is 2.30. The van der Waals surface area contributed by atoms with Gasteiger partial charge in [-0.3, -0.25) is 9.59 Å². The SMILES string of the molecule is CCC(C)c1ccc(OCC(=O)Nc2cccc(C(=O)Nc3cccc(C(F)(F)F)c3)c2)c(Br)c1. The normalized spacial score (nSPS) is 12.1. The van der Waals surface area contributed by atoms with Crippen LogP contribution in [0.5, 0.6) is 5.75 Å². The van der Waals surface area contributed by atoms with Crippen molar-refractivity contribution in [2.45, 2.75) is 32.4 Å². The Bertz CT molecular complexity index is 1210. The molecule has 0 radical (unpaired) electrons. The van der Waals surface area contributed by atoms with Gasteiger partial charge in [0, 0.05) is 16.9 Å². The van der Waals surface area contributed by atoms with Crippen molar-refractivity contribution in [2.75, 3.05) is 17.2 Å². The number of ether oxygens (including phenoxy) is 1. The van der Waals surface area contributed by atoms with Crippen LogP contribution in [-0.2, 0) is 11.0 Å². The van der Waals surface area contributed by atoms with E-state index in [4.69, 9.17) is 4.74 Å². The first-order chi connectivity index (χ1) is 16.6. The van der Waals surface area contributed by atoms with Crippen LogP contribution in [0.15, 0.2) is 71.2 Å². The smallest absolute Gasteiger partial charge is 0.416 e. The molecular weight excluding hydrogens is 525 g/mol. The predicted molar refractivity (Wildman–Crippen MR) is 133 cm³/mol. The van der Waals surface area contributed by atoms with Gasteiger partial charge in [0.1, 0.15) is 5.75 Å². The fraction of sp³-hybridized carbons (Fsp3) is 0.231. The molecule has 35 heavy (non-hydrogen) atoms. The summed E-state index contributed by atoms with van der Waals surface area (Å²) in [4.78, 5) is 24.9. The first-order valence-corrected chi connectivity index (χ1v) is 11.7. The molecule has 0 aliphatic heterocycles. The topological polar surface area (TPSA) is 67.4 Å². The van der Waals surface area contributed by atoms with E-state index in [0.717, 1.165) is 28.6 Å². The molecule has 0 bridgehead atoms. The molecule has 3 aromatic carbocycles. The number of alkyl halides is 3.